The van der Waals surface area contributed by atoms with Crippen molar-refractivity contribution in [3.05, 3.63) is 35.4 Å². The van der Waals surface area contributed by atoms with Crippen LogP contribution >= 0.6 is 7.75 Å². The molecular formula is C22H30N3O10P. The fourth-order valence-corrected chi connectivity index (χ4v) is 4.72. The van der Waals surface area contributed by atoms with Crippen molar-refractivity contribution in [3.8, 4) is 0 Å². The molecule has 1 heterocycles. The number of nitrogens with zero attached hydrogens (tertiary/aromatic N) is 3. The summed E-state index contributed by atoms with van der Waals surface area (Å²) in [6.45, 7) is 7.38. The average molecular weight is 527 g/mol. The molecule has 0 aliphatic carbocycles. The number of hydrogen-bond donors (Lipinski definition) is 0. The largest absolute Gasteiger partial charge is 0.459 e. The van der Waals surface area contributed by atoms with Gasteiger partial charge in [-0.3, -0.25) is 28.3 Å². The van der Waals surface area contributed by atoms with E-state index in [2.05, 4.69) is 0 Å². The molecule has 13 nitrogen and oxygen atoms in total. The zero-order chi connectivity index (χ0) is 27.2. The van der Waals surface area contributed by atoms with Crippen LogP contribution in [-0.4, -0.2) is 76.6 Å². The summed E-state index contributed by atoms with van der Waals surface area (Å²) < 4.78 is 34.4. The number of rotatable bonds is 9. The zero-order valence-electron chi connectivity index (χ0n) is 21.0. The first-order valence-electron chi connectivity index (χ1n) is 11.3. The second kappa shape index (κ2) is 12.1. The lowest BCUT2D eigenvalue weighted by Crippen LogP contribution is -2.55. The summed E-state index contributed by atoms with van der Waals surface area (Å²) in [5.74, 6) is -2.86. The molecule has 14 heteroatoms. The summed E-state index contributed by atoms with van der Waals surface area (Å²) in [6.07, 6.45) is -4.36. The van der Waals surface area contributed by atoms with E-state index in [1.807, 2.05) is 0 Å². The van der Waals surface area contributed by atoms with Crippen LogP contribution in [0.5, 0.6) is 0 Å². The lowest BCUT2D eigenvalue weighted by Gasteiger charge is -2.35. The lowest BCUT2D eigenvalue weighted by atomic mass is 10.1. The monoisotopic (exact) mass is 527 g/mol. The molecule has 0 fully saturated rings. The molecule has 0 saturated carbocycles. The van der Waals surface area contributed by atoms with Crippen LogP contribution in [0.2, 0.25) is 0 Å². The third-order valence-electron chi connectivity index (χ3n) is 4.42. The van der Waals surface area contributed by atoms with E-state index in [-0.39, 0.29) is 34.1 Å². The number of amides is 5. The fourth-order valence-electron chi connectivity index (χ4n) is 3.13. The number of benzene rings is 1. The molecule has 0 N–H and O–H groups in total. The van der Waals surface area contributed by atoms with Gasteiger partial charge in [-0.2, -0.15) is 0 Å². The third-order valence-corrected chi connectivity index (χ3v) is 6.40. The second-order valence-corrected chi connectivity index (χ2v) is 9.74. The molecule has 36 heavy (non-hydrogen) atoms. The number of hydrogen-bond acceptors (Lipinski definition) is 10. The molecule has 0 spiro atoms. The van der Waals surface area contributed by atoms with Crippen LogP contribution in [0.25, 0.3) is 0 Å². The molecule has 0 radical (unpaired) electrons. The third kappa shape index (κ3) is 6.28. The van der Waals surface area contributed by atoms with Gasteiger partial charge in [0.05, 0.1) is 36.5 Å². The van der Waals surface area contributed by atoms with E-state index in [1.165, 1.54) is 53.7 Å². The van der Waals surface area contributed by atoms with Crippen molar-refractivity contribution in [2.45, 2.75) is 53.8 Å². The van der Waals surface area contributed by atoms with Gasteiger partial charge in [0, 0.05) is 0 Å². The van der Waals surface area contributed by atoms with Crippen molar-refractivity contribution in [2.24, 2.45) is 0 Å². The number of fused-ring (bicyclic) bond motifs is 1. The van der Waals surface area contributed by atoms with Gasteiger partial charge in [-0.25, -0.2) is 14.2 Å². The highest BCUT2D eigenvalue weighted by molar-refractivity contribution is 7.52. The quantitative estimate of drug-likeness (QED) is 0.265. The van der Waals surface area contributed by atoms with E-state index in [0.29, 0.717) is 4.90 Å². The van der Waals surface area contributed by atoms with Crippen LogP contribution in [0, 0.1) is 0 Å². The molecule has 0 saturated heterocycles. The van der Waals surface area contributed by atoms with Crippen LogP contribution in [0.3, 0.4) is 0 Å². The van der Waals surface area contributed by atoms with Gasteiger partial charge in [0.2, 0.25) is 0 Å². The number of carbonyl (C=O) groups excluding carboxylic acids is 5. The van der Waals surface area contributed by atoms with Gasteiger partial charge in [0.15, 0.2) is 0 Å². The fraction of sp³-hybridized carbons (Fsp3) is 0.500. The Morgan fingerprint density at radius 1 is 0.861 bits per heavy atom. The van der Waals surface area contributed by atoms with E-state index >= 15 is 0 Å². The Hall–Kier alpha value is -3.28. The Morgan fingerprint density at radius 2 is 1.31 bits per heavy atom. The van der Waals surface area contributed by atoms with E-state index in [9.17, 15) is 28.5 Å². The van der Waals surface area contributed by atoms with Crippen LogP contribution in [0.4, 0.5) is 9.59 Å². The topological polar surface area (TPSA) is 149 Å². The highest BCUT2D eigenvalue weighted by Gasteiger charge is 2.50. The first-order valence-corrected chi connectivity index (χ1v) is 12.8. The van der Waals surface area contributed by atoms with Crippen molar-refractivity contribution >= 4 is 37.7 Å². The van der Waals surface area contributed by atoms with Gasteiger partial charge < -0.3 is 9.47 Å². The van der Waals surface area contributed by atoms with Crippen LogP contribution in [-0.2, 0) is 27.9 Å². The van der Waals surface area contributed by atoms with Gasteiger partial charge >= 0.3 is 19.9 Å². The van der Waals surface area contributed by atoms with Gasteiger partial charge in [-0.15, -0.1) is 9.79 Å². The number of ether oxygens (including phenoxy) is 2. The van der Waals surface area contributed by atoms with E-state index < -0.39 is 56.4 Å². The summed E-state index contributed by atoms with van der Waals surface area (Å²) in [4.78, 5) is 65.7. The first kappa shape index (κ1) is 29.0. The standard InChI is InChI=1S/C22H30N3O10P/c1-7-32-36(31,33-8-2)25(22(30)35-15(5)6)24(21(29)34-14(3)4)18(26)13-23-19(27)16-11-9-10-12-17(16)20(23)28/h9-12,14-15H,7-8,13H2,1-6H3. The minimum absolute atomic E-state index is 0.0667. The maximum absolute atomic E-state index is 13.6. The summed E-state index contributed by atoms with van der Waals surface area (Å²) in [5, 5.41) is 0.0837. The van der Waals surface area contributed by atoms with Crippen molar-refractivity contribution < 1.29 is 47.1 Å². The molecule has 0 atom stereocenters. The van der Waals surface area contributed by atoms with Gasteiger partial charge in [0.1, 0.15) is 6.54 Å². The van der Waals surface area contributed by atoms with E-state index in [0.717, 1.165) is 0 Å². The highest BCUT2D eigenvalue weighted by atomic mass is 31.2. The Labute approximate surface area is 208 Å². The number of imide groups is 2. The second-order valence-electron chi connectivity index (χ2n) is 7.91. The van der Waals surface area contributed by atoms with Gasteiger partial charge in [0.25, 0.3) is 17.7 Å². The summed E-state index contributed by atoms with van der Waals surface area (Å²) in [7, 11) is -4.71. The minimum Gasteiger partial charge on any atom is -0.445 e. The molecule has 0 unspecified atom stereocenters. The van der Waals surface area contributed by atoms with E-state index in [1.54, 1.807) is 12.1 Å². The normalized spacial score (nSPS) is 13.2. The Kier molecular flexibility index (Phi) is 9.74. The predicted molar refractivity (Wildman–Crippen MR) is 125 cm³/mol. The van der Waals surface area contributed by atoms with E-state index in [4.69, 9.17) is 18.5 Å². The summed E-state index contributed by atoms with van der Waals surface area (Å²) >= 11 is 0. The Bertz CT molecular complexity index is 1030. The molecule has 5 amide bonds. The zero-order valence-corrected chi connectivity index (χ0v) is 21.9. The first-order chi connectivity index (χ1) is 16.9. The average Bonchev–Trinajstić information content (AvgIpc) is 3.01. The smallest absolute Gasteiger partial charge is 0.445 e. The Balaban J connectivity index is 2.56. The van der Waals surface area contributed by atoms with Crippen LogP contribution in [0.1, 0.15) is 62.3 Å². The molecule has 0 aromatic heterocycles. The van der Waals surface area contributed by atoms with Crippen molar-refractivity contribution in [1.82, 2.24) is 14.7 Å². The maximum Gasteiger partial charge on any atom is 0.459 e. The predicted octanol–water partition coefficient (Wildman–Crippen LogP) is 3.60. The number of hydrazine groups is 1. The Morgan fingerprint density at radius 3 is 1.72 bits per heavy atom. The molecule has 1 aliphatic rings. The SMILES string of the molecule is CCOP(=O)(OCC)N(C(=O)OC(C)C)N(C(=O)CN1C(=O)c2ccccc2C1=O)C(=O)OC(C)C. The molecule has 1 aromatic carbocycles. The van der Waals surface area contributed by atoms with Crippen LogP contribution < -0.4 is 0 Å². The molecule has 2 rings (SSSR count). The maximum atomic E-state index is 13.6. The van der Waals surface area contributed by atoms with Gasteiger partial charge in [-0.05, 0) is 53.7 Å². The van der Waals surface area contributed by atoms with Crippen molar-refractivity contribution in [2.75, 3.05) is 19.8 Å². The van der Waals surface area contributed by atoms with Crippen molar-refractivity contribution in [1.29, 1.82) is 0 Å². The van der Waals surface area contributed by atoms with Crippen LogP contribution in [0.15, 0.2) is 24.3 Å². The molecule has 0 bridgehead atoms. The summed E-state index contributed by atoms with van der Waals surface area (Å²) in [5.41, 5.74) is 0.133. The minimum atomic E-state index is -4.71. The molecular weight excluding hydrogens is 497 g/mol. The number of carbonyl (C=O) groups is 5. The molecule has 198 valence electrons. The van der Waals surface area contributed by atoms with Crippen molar-refractivity contribution in [3.63, 3.8) is 0 Å². The molecule has 1 aliphatic heterocycles. The molecule has 1 aromatic rings. The van der Waals surface area contributed by atoms with Gasteiger partial charge in [-0.1, -0.05) is 12.1 Å². The summed E-state index contributed by atoms with van der Waals surface area (Å²) in [6, 6.07) is 5.92. The highest BCUT2D eigenvalue weighted by Crippen LogP contribution is 2.53. The lowest BCUT2D eigenvalue weighted by molar-refractivity contribution is -0.139.